The first-order valence-electron chi connectivity index (χ1n) is 10.7. The number of nitrogens with zero attached hydrogens (tertiary/aromatic N) is 1. The van der Waals surface area contributed by atoms with Gasteiger partial charge in [-0.25, -0.2) is 0 Å². The van der Waals surface area contributed by atoms with Gasteiger partial charge in [0.25, 0.3) is 5.91 Å². The fourth-order valence-corrected chi connectivity index (χ4v) is 3.97. The number of hydrogen-bond acceptors (Lipinski definition) is 5. The molecule has 0 spiro atoms. The number of rotatable bonds is 7. The van der Waals surface area contributed by atoms with Crippen molar-refractivity contribution in [1.82, 2.24) is 5.32 Å². The topological polar surface area (TPSA) is 87.7 Å². The second-order valence-corrected chi connectivity index (χ2v) is 7.86. The molecule has 0 bridgehead atoms. The van der Waals surface area contributed by atoms with Crippen LogP contribution in [0.5, 0.6) is 0 Å². The number of nitrogens with one attached hydrogen (secondary N) is 2. The van der Waals surface area contributed by atoms with Crippen molar-refractivity contribution >= 4 is 29.2 Å². The Morgan fingerprint density at radius 2 is 1.59 bits per heavy atom. The summed E-state index contributed by atoms with van der Waals surface area (Å²) in [6.45, 7) is 1.57. The first-order chi connectivity index (χ1) is 14.1. The van der Waals surface area contributed by atoms with Gasteiger partial charge in [0.05, 0.1) is 0 Å². The third kappa shape index (κ3) is 6.76. The van der Waals surface area contributed by atoms with E-state index in [1.807, 2.05) is 24.3 Å². The van der Waals surface area contributed by atoms with Crippen LogP contribution in [0.25, 0.3) is 0 Å². The van der Waals surface area contributed by atoms with E-state index >= 15 is 0 Å². The number of hydrogen-bond donors (Lipinski definition) is 2. The van der Waals surface area contributed by atoms with Gasteiger partial charge in [-0.3, -0.25) is 14.4 Å². The van der Waals surface area contributed by atoms with Crippen LogP contribution in [-0.4, -0.2) is 44.0 Å². The molecule has 7 nitrogen and oxygen atoms in total. The summed E-state index contributed by atoms with van der Waals surface area (Å²) in [6, 6.07) is 7.70. The van der Waals surface area contributed by atoms with Gasteiger partial charge < -0.3 is 20.3 Å². The first-order valence-corrected chi connectivity index (χ1v) is 10.7. The van der Waals surface area contributed by atoms with Crippen molar-refractivity contribution in [3.8, 4) is 0 Å². The van der Waals surface area contributed by atoms with Gasteiger partial charge in [0.15, 0.2) is 6.61 Å². The minimum Gasteiger partial charge on any atom is -0.454 e. The Labute approximate surface area is 172 Å². The lowest BCUT2D eigenvalue weighted by atomic mass is 9.89. The van der Waals surface area contributed by atoms with Crippen LogP contribution in [0.1, 0.15) is 51.4 Å². The van der Waals surface area contributed by atoms with Gasteiger partial charge in [0, 0.05) is 30.4 Å². The number of esters is 1. The summed E-state index contributed by atoms with van der Waals surface area (Å²) in [7, 11) is 0. The number of ether oxygens (including phenoxy) is 1. The van der Waals surface area contributed by atoms with E-state index in [0.717, 1.165) is 44.5 Å². The molecule has 7 heteroatoms. The molecule has 1 heterocycles. The van der Waals surface area contributed by atoms with Crippen LogP contribution in [0.4, 0.5) is 11.4 Å². The predicted molar refractivity (Wildman–Crippen MR) is 112 cm³/mol. The van der Waals surface area contributed by atoms with E-state index in [-0.39, 0.29) is 25.0 Å². The van der Waals surface area contributed by atoms with Crippen molar-refractivity contribution in [2.75, 3.05) is 36.5 Å². The number of carbonyl (C=O) groups excluding carboxylic acids is 3. The van der Waals surface area contributed by atoms with E-state index in [1.165, 1.54) is 25.7 Å². The van der Waals surface area contributed by atoms with Crippen molar-refractivity contribution in [2.45, 2.75) is 51.4 Å². The van der Waals surface area contributed by atoms with Crippen LogP contribution < -0.4 is 15.5 Å². The summed E-state index contributed by atoms with van der Waals surface area (Å²) in [4.78, 5) is 38.2. The molecule has 1 aromatic rings. The number of piperidine rings is 1. The maximum absolute atomic E-state index is 12.0. The van der Waals surface area contributed by atoms with Gasteiger partial charge in [-0.15, -0.1) is 0 Å². The molecule has 1 saturated heterocycles. The number of anilines is 2. The molecule has 0 atom stereocenters. The van der Waals surface area contributed by atoms with Crippen molar-refractivity contribution in [1.29, 1.82) is 0 Å². The van der Waals surface area contributed by atoms with E-state index in [9.17, 15) is 14.4 Å². The molecule has 2 N–H and O–H groups in total. The second-order valence-electron chi connectivity index (χ2n) is 7.86. The molecule has 1 aliphatic heterocycles. The maximum atomic E-state index is 12.0. The Kier molecular flexibility index (Phi) is 7.90. The van der Waals surface area contributed by atoms with Crippen LogP contribution in [0.2, 0.25) is 0 Å². The molecule has 0 unspecified atom stereocenters. The van der Waals surface area contributed by atoms with Gasteiger partial charge in [0.2, 0.25) is 5.91 Å². The zero-order valence-corrected chi connectivity index (χ0v) is 17.0. The van der Waals surface area contributed by atoms with Crippen molar-refractivity contribution in [3.05, 3.63) is 24.3 Å². The zero-order chi connectivity index (χ0) is 20.5. The first kappa shape index (κ1) is 21.1. The lowest BCUT2D eigenvalue weighted by molar-refractivity contribution is -0.147. The molecular formula is C22H31N3O4. The molecule has 1 saturated carbocycles. The average Bonchev–Trinajstić information content (AvgIpc) is 2.78. The Morgan fingerprint density at radius 1 is 0.931 bits per heavy atom. The minimum absolute atomic E-state index is 0.00671. The fraction of sp³-hybridized carbons (Fsp3) is 0.591. The average molecular weight is 402 g/mol. The monoisotopic (exact) mass is 401 g/mol. The Balaban J connectivity index is 1.34. The molecule has 1 aromatic carbocycles. The Bertz CT molecular complexity index is 693. The number of amides is 2. The maximum Gasteiger partial charge on any atom is 0.325 e. The van der Waals surface area contributed by atoms with Crippen molar-refractivity contribution in [3.63, 3.8) is 0 Å². The van der Waals surface area contributed by atoms with Gasteiger partial charge in [0.1, 0.15) is 6.54 Å². The molecule has 0 radical (unpaired) electrons. The molecular weight excluding hydrogens is 370 g/mol. The zero-order valence-electron chi connectivity index (χ0n) is 17.0. The van der Waals surface area contributed by atoms with Crippen LogP contribution in [0, 0.1) is 5.92 Å². The minimum atomic E-state index is -0.607. The summed E-state index contributed by atoms with van der Waals surface area (Å²) >= 11 is 0. The number of benzene rings is 1. The van der Waals surface area contributed by atoms with Gasteiger partial charge in [-0.1, -0.05) is 19.3 Å². The summed E-state index contributed by atoms with van der Waals surface area (Å²) in [6.07, 6.45) is 8.74. The van der Waals surface area contributed by atoms with Crippen molar-refractivity contribution in [2.24, 2.45) is 5.92 Å². The van der Waals surface area contributed by atoms with Crippen LogP contribution in [0.15, 0.2) is 24.3 Å². The normalized spacial score (nSPS) is 17.4. The van der Waals surface area contributed by atoms with Crippen LogP contribution in [0.3, 0.4) is 0 Å². The number of carbonyl (C=O) groups is 3. The molecule has 2 fully saturated rings. The van der Waals surface area contributed by atoms with E-state index in [0.29, 0.717) is 5.69 Å². The van der Waals surface area contributed by atoms with Gasteiger partial charge in [-0.05, 0) is 56.4 Å². The molecule has 158 valence electrons. The highest BCUT2D eigenvalue weighted by atomic mass is 16.5. The highest BCUT2D eigenvalue weighted by Crippen LogP contribution is 2.23. The summed E-state index contributed by atoms with van der Waals surface area (Å²) in [5, 5.41) is 5.34. The Morgan fingerprint density at radius 3 is 2.28 bits per heavy atom. The summed E-state index contributed by atoms with van der Waals surface area (Å²) < 4.78 is 4.96. The predicted octanol–water partition coefficient (Wildman–Crippen LogP) is 2.86. The summed E-state index contributed by atoms with van der Waals surface area (Å²) in [5.74, 6) is -1.11. The molecule has 2 amide bonds. The third-order valence-electron chi connectivity index (χ3n) is 5.62. The quantitative estimate of drug-likeness (QED) is 0.686. The highest BCUT2D eigenvalue weighted by molar-refractivity contribution is 5.93. The van der Waals surface area contributed by atoms with Crippen LogP contribution in [-0.2, 0) is 19.1 Å². The lowest BCUT2D eigenvalue weighted by Crippen LogP contribution is -2.36. The molecule has 2 aliphatic rings. The molecule has 29 heavy (non-hydrogen) atoms. The lowest BCUT2D eigenvalue weighted by Gasteiger charge is -2.28. The smallest absolute Gasteiger partial charge is 0.325 e. The largest absolute Gasteiger partial charge is 0.454 e. The molecule has 0 aromatic heterocycles. The summed E-state index contributed by atoms with van der Waals surface area (Å²) in [5.41, 5.74) is 1.82. The van der Waals surface area contributed by atoms with Crippen molar-refractivity contribution < 1.29 is 19.1 Å². The molecule has 1 aliphatic carbocycles. The second kappa shape index (κ2) is 10.8. The highest BCUT2D eigenvalue weighted by Gasteiger charge is 2.21. The van der Waals surface area contributed by atoms with E-state index in [4.69, 9.17) is 4.74 Å². The van der Waals surface area contributed by atoms with E-state index in [1.54, 1.807) is 0 Å². The van der Waals surface area contributed by atoms with Gasteiger partial charge >= 0.3 is 5.97 Å². The van der Waals surface area contributed by atoms with E-state index < -0.39 is 11.9 Å². The Hall–Kier alpha value is -2.57. The molecule has 3 rings (SSSR count). The van der Waals surface area contributed by atoms with E-state index in [2.05, 4.69) is 15.5 Å². The van der Waals surface area contributed by atoms with Gasteiger partial charge in [-0.2, -0.15) is 0 Å². The fourth-order valence-electron chi connectivity index (χ4n) is 3.97. The third-order valence-corrected chi connectivity index (χ3v) is 5.62. The standard InChI is InChI=1S/C22H31N3O4/c26-20(16-29-21(27)15-23-22(28)17-7-3-1-4-8-17)24-18-9-11-19(12-10-18)25-13-5-2-6-14-25/h9-12,17H,1-8,13-16H2,(H,23,28)(H,24,26). The van der Waals surface area contributed by atoms with Crippen LogP contribution >= 0.6 is 0 Å². The SMILES string of the molecule is O=C(COC(=O)CNC(=O)C1CCCCC1)Nc1ccc(N2CCCCC2)cc1.